The second kappa shape index (κ2) is 10.1. The fourth-order valence-corrected chi connectivity index (χ4v) is 5.04. The maximum Gasteiger partial charge on any atom is 0.255 e. The maximum atomic E-state index is 13.0. The molecule has 1 N–H and O–H groups in total. The number of fused-ring (bicyclic) bond motifs is 3. The number of ether oxygens (including phenoxy) is 1. The van der Waals surface area contributed by atoms with E-state index in [1.54, 1.807) is 41.4 Å². The molecule has 6 rings (SSSR count). The van der Waals surface area contributed by atoms with E-state index in [1.165, 1.54) is 6.07 Å². The molecule has 4 heterocycles. The first-order chi connectivity index (χ1) is 18.6. The molecule has 0 aliphatic carbocycles. The minimum atomic E-state index is -0.300. The summed E-state index contributed by atoms with van der Waals surface area (Å²) in [5.41, 5.74) is 3.67. The van der Waals surface area contributed by atoms with E-state index in [0.29, 0.717) is 35.4 Å². The number of nitrogens with zero attached hydrogens (tertiary/aromatic N) is 6. The van der Waals surface area contributed by atoms with E-state index < -0.39 is 0 Å². The normalized spacial score (nSPS) is 14.9. The first kappa shape index (κ1) is 23.8. The molecule has 2 aromatic carbocycles. The molecule has 0 bridgehead atoms. The molecule has 38 heavy (non-hydrogen) atoms. The predicted molar refractivity (Wildman–Crippen MR) is 144 cm³/mol. The van der Waals surface area contributed by atoms with Gasteiger partial charge in [0.15, 0.2) is 11.6 Å². The zero-order valence-corrected chi connectivity index (χ0v) is 21.0. The Hall–Kier alpha value is -4.55. The number of nitrogens with one attached hydrogen (secondary N) is 1. The van der Waals surface area contributed by atoms with Gasteiger partial charge in [0, 0.05) is 17.8 Å². The summed E-state index contributed by atoms with van der Waals surface area (Å²) in [6.45, 7) is 4.73. The molecule has 190 valence electrons. The van der Waals surface area contributed by atoms with Crippen LogP contribution in [-0.4, -0.2) is 43.6 Å². The largest absolute Gasteiger partial charge is 0.490 e. The third-order valence-electron chi connectivity index (χ3n) is 7.21. The van der Waals surface area contributed by atoms with Crippen molar-refractivity contribution in [2.24, 2.45) is 5.92 Å². The van der Waals surface area contributed by atoms with Crippen LogP contribution in [0.3, 0.4) is 0 Å². The van der Waals surface area contributed by atoms with Gasteiger partial charge >= 0.3 is 0 Å². The van der Waals surface area contributed by atoms with E-state index in [0.717, 1.165) is 48.1 Å². The predicted octanol–water partition coefficient (Wildman–Crippen LogP) is 3.97. The lowest BCUT2D eigenvalue weighted by Crippen LogP contribution is -2.30. The Kier molecular flexibility index (Phi) is 6.32. The Balaban J connectivity index is 1.28. The highest BCUT2D eigenvalue weighted by atomic mass is 16.5. The lowest BCUT2D eigenvalue weighted by atomic mass is 9.99. The summed E-state index contributed by atoms with van der Waals surface area (Å²) in [5, 5.41) is 12.7. The van der Waals surface area contributed by atoms with E-state index >= 15 is 0 Å². The van der Waals surface area contributed by atoms with Crippen molar-refractivity contribution in [3.05, 3.63) is 88.6 Å². The minimum Gasteiger partial charge on any atom is -0.490 e. The van der Waals surface area contributed by atoms with Gasteiger partial charge in [-0.3, -0.25) is 13.8 Å². The van der Waals surface area contributed by atoms with Gasteiger partial charge in [-0.1, -0.05) is 18.2 Å². The summed E-state index contributed by atoms with van der Waals surface area (Å²) >= 11 is 0. The highest BCUT2D eigenvalue weighted by Gasteiger charge is 2.18. The lowest BCUT2D eigenvalue weighted by molar-refractivity contribution is 0.214. The number of rotatable bonds is 6. The molecule has 0 radical (unpaired) electrons. The van der Waals surface area contributed by atoms with Crippen LogP contribution in [0.2, 0.25) is 0 Å². The van der Waals surface area contributed by atoms with Crippen molar-refractivity contribution >= 4 is 16.8 Å². The molecule has 1 aliphatic heterocycles. The van der Waals surface area contributed by atoms with Gasteiger partial charge in [0.1, 0.15) is 0 Å². The van der Waals surface area contributed by atoms with Crippen LogP contribution in [0.4, 0.5) is 0 Å². The smallest absolute Gasteiger partial charge is 0.255 e. The number of aromatic nitrogens is 5. The molecule has 1 saturated heterocycles. The molecule has 5 aromatic rings. The Morgan fingerprint density at radius 3 is 2.74 bits per heavy atom. The van der Waals surface area contributed by atoms with Gasteiger partial charge in [0.25, 0.3) is 5.56 Å². The molecule has 3 aromatic heterocycles. The van der Waals surface area contributed by atoms with Gasteiger partial charge in [-0.05, 0) is 68.6 Å². The van der Waals surface area contributed by atoms with Crippen LogP contribution in [0, 0.1) is 17.2 Å². The van der Waals surface area contributed by atoms with Gasteiger partial charge < -0.3 is 10.1 Å². The number of hydrogen-bond donors (Lipinski definition) is 1. The van der Waals surface area contributed by atoms with Crippen molar-refractivity contribution in [2.75, 3.05) is 19.7 Å². The first-order valence-corrected chi connectivity index (χ1v) is 12.8. The van der Waals surface area contributed by atoms with E-state index in [2.05, 4.69) is 21.4 Å². The monoisotopic (exact) mass is 505 g/mol. The second-order valence-corrected chi connectivity index (χ2v) is 9.67. The lowest BCUT2D eigenvalue weighted by Gasteiger charge is -2.22. The molecule has 1 fully saturated rings. The van der Waals surface area contributed by atoms with Crippen molar-refractivity contribution in [3.63, 3.8) is 0 Å². The summed E-state index contributed by atoms with van der Waals surface area (Å²) in [6.07, 6.45) is 7.38. The highest BCUT2D eigenvalue weighted by molar-refractivity contribution is 5.81. The Morgan fingerprint density at radius 2 is 1.95 bits per heavy atom. The highest BCUT2D eigenvalue weighted by Crippen LogP contribution is 2.26. The van der Waals surface area contributed by atoms with Crippen LogP contribution in [0.5, 0.6) is 5.75 Å². The molecule has 0 spiro atoms. The summed E-state index contributed by atoms with van der Waals surface area (Å²) in [5.74, 6) is 2.34. The molecule has 9 heteroatoms. The SMILES string of the molecule is C[C@@H](c1cccc(-c2ncc(OCC3CCNCC3)cn2)c1)n1c(=O)ccn2c3cc(C#N)ccc3nc12. The zero-order chi connectivity index (χ0) is 26.1. The molecule has 1 aliphatic rings. The number of piperidine rings is 1. The molecular formula is C29H27N7O2. The standard InChI is InChI=1S/C29H27N7O2/c1-19(36-27(37)9-12-35-26-13-21(15-30)5-6-25(26)34-29(35)36)22-3-2-4-23(14-22)28-32-16-24(17-33-28)38-18-20-7-10-31-11-8-20/h2-6,9,12-14,16-17,19-20,31H,7-8,10-11,18H2,1H3/t19-/m0/s1. The minimum absolute atomic E-state index is 0.155. The number of benzene rings is 2. The van der Waals surface area contributed by atoms with Crippen LogP contribution in [0.25, 0.3) is 28.2 Å². The molecule has 9 nitrogen and oxygen atoms in total. The third kappa shape index (κ3) is 4.51. The van der Waals surface area contributed by atoms with Crippen molar-refractivity contribution in [2.45, 2.75) is 25.8 Å². The van der Waals surface area contributed by atoms with Crippen molar-refractivity contribution in [1.82, 2.24) is 29.2 Å². The van der Waals surface area contributed by atoms with Gasteiger partial charge in [-0.15, -0.1) is 0 Å². The summed E-state index contributed by atoms with van der Waals surface area (Å²) in [6, 6.07) is 16.6. The Morgan fingerprint density at radius 1 is 1.13 bits per heavy atom. The molecule has 0 saturated carbocycles. The molecular weight excluding hydrogens is 478 g/mol. The van der Waals surface area contributed by atoms with Gasteiger partial charge in [-0.2, -0.15) is 5.26 Å². The Labute approximate surface area is 219 Å². The van der Waals surface area contributed by atoms with Crippen LogP contribution >= 0.6 is 0 Å². The van der Waals surface area contributed by atoms with Gasteiger partial charge in [0.2, 0.25) is 5.78 Å². The second-order valence-electron chi connectivity index (χ2n) is 9.67. The van der Waals surface area contributed by atoms with E-state index in [4.69, 9.17) is 9.72 Å². The average molecular weight is 506 g/mol. The summed E-state index contributed by atoms with van der Waals surface area (Å²) in [7, 11) is 0. The topological polar surface area (TPSA) is 110 Å². The van der Waals surface area contributed by atoms with E-state index in [-0.39, 0.29) is 11.6 Å². The van der Waals surface area contributed by atoms with Crippen LogP contribution < -0.4 is 15.6 Å². The van der Waals surface area contributed by atoms with Crippen LogP contribution in [0.1, 0.15) is 36.9 Å². The zero-order valence-electron chi connectivity index (χ0n) is 21.0. The van der Waals surface area contributed by atoms with Crippen molar-refractivity contribution in [1.29, 1.82) is 5.26 Å². The molecule has 1 atom stereocenters. The quantitative estimate of drug-likeness (QED) is 0.372. The number of hydrogen-bond acceptors (Lipinski definition) is 7. The number of nitriles is 1. The maximum absolute atomic E-state index is 13.0. The van der Waals surface area contributed by atoms with Crippen LogP contribution in [-0.2, 0) is 0 Å². The average Bonchev–Trinajstić information content (AvgIpc) is 3.34. The van der Waals surface area contributed by atoms with Crippen LogP contribution in [0.15, 0.2) is 71.9 Å². The summed E-state index contributed by atoms with van der Waals surface area (Å²) < 4.78 is 9.45. The molecule has 0 unspecified atom stereocenters. The van der Waals surface area contributed by atoms with Gasteiger partial charge in [0.05, 0.1) is 47.7 Å². The fraction of sp³-hybridized carbons (Fsp3) is 0.276. The molecule has 0 amide bonds. The van der Waals surface area contributed by atoms with Crippen molar-refractivity contribution in [3.8, 4) is 23.2 Å². The van der Waals surface area contributed by atoms with E-state index in [1.807, 2.05) is 35.6 Å². The van der Waals surface area contributed by atoms with Gasteiger partial charge in [-0.25, -0.2) is 15.0 Å². The third-order valence-corrected chi connectivity index (χ3v) is 7.21. The Bertz CT molecular complexity index is 1710. The fourth-order valence-electron chi connectivity index (χ4n) is 5.04. The number of imidazole rings is 1. The van der Waals surface area contributed by atoms with E-state index in [9.17, 15) is 10.1 Å². The first-order valence-electron chi connectivity index (χ1n) is 12.8. The summed E-state index contributed by atoms with van der Waals surface area (Å²) in [4.78, 5) is 26.8. The van der Waals surface area contributed by atoms with Crippen molar-refractivity contribution < 1.29 is 4.74 Å².